The highest BCUT2D eigenvalue weighted by atomic mass is 19.4. The monoisotopic (exact) mass is 428 g/mol. The maximum atomic E-state index is 13.2. The van der Waals surface area contributed by atoms with E-state index >= 15 is 0 Å². The molecule has 1 amide bonds. The third kappa shape index (κ3) is 6.33. The third-order valence-corrected chi connectivity index (χ3v) is 5.47. The number of anilines is 2. The van der Waals surface area contributed by atoms with Gasteiger partial charge in [-0.25, -0.2) is 0 Å². The zero-order valence-electron chi connectivity index (χ0n) is 17.6. The topological polar surface area (TPSA) is 56.8 Å². The SMILES string of the molecule is CC(C)NC1CCN(CC(=O)Nc2cc(C(F)(F)F)ccc2N2CCOCC2)CC1. The summed E-state index contributed by atoms with van der Waals surface area (Å²) >= 11 is 0. The fraction of sp³-hybridized carbons (Fsp3) is 0.667. The van der Waals surface area contributed by atoms with Crippen molar-refractivity contribution >= 4 is 17.3 Å². The van der Waals surface area contributed by atoms with Crippen molar-refractivity contribution in [2.45, 2.75) is 44.9 Å². The van der Waals surface area contributed by atoms with Crippen molar-refractivity contribution in [3.8, 4) is 0 Å². The van der Waals surface area contributed by atoms with Gasteiger partial charge in [-0.15, -0.1) is 0 Å². The molecule has 2 aliphatic rings. The second-order valence-corrected chi connectivity index (χ2v) is 8.25. The quantitative estimate of drug-likeness (QED) is 0.730. The van der Waals surface area contributed by atoms with E-state index in [1.807, 2.05) is 4.90 Å². The number of piperidine rings is 1. The van der Waals surface area contributed by atoms with E-state index in [0.29, 0.717) is 44.1 Å². The van der Waals surface area contributed by atoms with Crippen LogP contribution in [0.3, 0.4) is 0 Å². The third-order valence-electron chi connectivity index (χ3n) is 5.47. The highest BCUT2D eigenvalue weighted by Gasteiger charge is 2.32. The lowest BCUT2D eigenvalue weighted by atomic mass is 10.0. The molecule has 2 heterocycles. The minimum absolute atomic E-state index is 0.174. The number of likely N-dealkylation sites (tertiary alicyclic amines) is 1. The predicted octanol–water partition coefficient (Wildman–Crippen LogP) is 2.94. The molecule has 0 atom stereocenters. The molecule has 0 aromatic heterocycles. The summed E-state index contributed by atoms with van der Waals surface area (Å²) in [6.07, 6.45) is -2.56. The second kappa shape index (κ2) is 9.98. The lowest BCUT2D eigenvalue weighted by Crippen LogP contribution is -2.46. The zero-order chi connectivity index (χ0) is 21.7. The minimum Gasteiger partial charge on any atom is -0.378 e. The molecular formula is C21H31F3N4O2. The van der Waals surface area contributed by atoms with Crippen LogP contribution in [0.5, 0.6) is 0 Å². The van der Waals surface area contributed by atoms with Gasteiger partial charge in [-0.3, -0.25) is 9.69 Å². The van der Waals surface area contributed by atoms with Crippen molar-refractivity contribution in [3.05, 3.63) is 23.8 Å². The van der Waals surface area contributed by atoms with Gasteiger partial charge in [0.25, 0.3) is 0 Å². The first-order valence-electron chi connectivity index (χ1n) is 10.5. The fourth-order valence-corrected chi connectivity index (χ4v) is 4.01. The molecule has 2 N–H and O–H groups in total. The number of carbonyl (C=O) groups excluding carboxylic acids is 1. The summed E-state index contributed by atoms with van der Waals surface area (Å²) in [6.45, 7) is 8.14. The number of nitrogens with one attached hydrogen (secondary N) is 2. The van der Waals surface area contributed by atoms with Crippen LogP contribution in [0.25, 0.3) is 0 Å². The van der Waals surface area contributed by atoms with Gasteiger partial charge in [0.2, 0.25) is 5.91 Å². The van der Waals surface area contributed by atoms with E-state index in [2.05, 4.69) is 29.4 Å². The van der Waals surface area contributed by atoms with Gasteiger partial charge in [-0.1, -0.05) is 13.8 Å². The Bertz CT molecular complexity index is 713. The Morgan fingerprint density at radius 2 is 1.83 bits per heavy atom. The Morgan fingerprint density at radius 3 is 2.43 bits per heavy atom. The molecule has 0 aliphatic carbocycles. The van der Waals surface area contributed by atoms with E-state index in [1.165, 1.54) is 6.07 Å². The molecule has 0 unspecified atom stereocenters. The number of hydrogen-bond acceptors (Lipinski definition) is 5. The van der Waals surface area contributed by atoms with E-state index in [4.69, 9.17) is 4.74 Å². The second-order valence-electron chi connectivity index (χ2n) is 8.25. The van der Waals surface area contributed by atoms with E-state index in [9.17, 15) is 18.0 Å². The number of nitrogens with zero attached hydrogens (tertiary/aromatic N) is 2. The Balaban J connectivity index is 1.65. The van der Waals surface area contributed by atoms with Crippen molar-refractivity contribution < 1.29 is 22.7 Å². The average molecular weight is 428 g/mol. The van der Waals surface area contributed by atoms with Crippen LogP contribution in [-0.2, 0) is 15.7 Å². The molecule has 30 heavy (non-hydrogen) atoms. The van der Waals surface area contributed by atoms with E-state index in [1.54, 1.807) is 0 Å². The Hall–Kier alpha value is -1.84. The summed E-state index contributed by atoms with van der Waals surface area (Å²) in [4.78, 5) is 16.6. The van der Waals surface area contributed by atoms with Gasteiger partial charge in [-0.05, 0) is 31.0 Å². The molecule has 9 heteroatoms. The summed E-state index contributed by atoms with van der Waals surface area (Å²) in [5.41, 5.74) is 0.0305. The number of benzene rings is 1. The van der Waals surface area contributed by atoms with Gasteiger partial charge >= 0.3 is 6.18 Å². The molecule has 2 aliphatic heterocycles. The summed E-state index contributed by atoms with van der Waals surface area (Å²) in [7, 11) is 0. The lowest BCUT2D eigenvalue weighted by Gasteiger charge is -2.33. The van der Waals surface area contributed by atoms with Crippen LogP contribution in [-0.4, -0.2) is 68.8 Å². The number of ether oxygens (including phenoxy) is 1. The first-order valence-corrected chi connectivity index (χ1v) is 10.5. The smallest absolute Gasteiger partial charge is 0.378 e. The first kappa shape index (κ1) is 22.8. The molecule has 2 fully saturated rings. The molecule has 3 rings (SSSR count). The number of halogens is 3. The molecule has 0 spiro atoms. The van der Waals surface area contributed by atoms with Crippen molar-refractivity contribution in [1.29, 1.82) is 0 Å². The molecule has 1 aromatic carbocycles. The molecule has 2 saturated heterocycles. The maximum Gasteiger partial charge on any atom is 0.416 e. The van der Waals surface area contributed by atoms with Crippen LogP contribution >= 0.6 is 0 Å². The Labute approximate surface area is 175 Å². The van der Waals surface area contributed by atoms with Crippen LogP contribution in [0, 0.1) is 0 Å². The highest BCUT2D eigenvalue weighted by Crippen LogP contribution is 2.35. The number of carbonyl (C=O) groups is 1. The molecular weight excluding hydrogens is 397 g/mol. The summed E-state index contributed by atoms with van der Waals surface area (Å²) < 4.78 is 45.0. The number of hydrogen-bond donors (Lipinski definition) is 2. The highest BCUT2D eigenvalue weighted by molar-refractivity contribution is 5.95. The van der Waals surface area contributed by atoms with Crippen LogP contribution in [0.15, 0.2) is 18.2 Å². The normalized spacial score (nSPS) is 19.3. The number of morpholine rings is 1. The first-order chi connectivity index (χ1) is 14.2. The van der Waals surface area contributed by atoms with Crippen molar-refractivity contribution in [2.75, 3.05) is 56.2 Å². The van der Waals surface area contributed by atoms with Crippen LogP contribution in [0.1, 0.15) is 32.3 Å². The average Bonchev–Trinajstić information content (AvgIpc) is 2.69. The standard InChI is InChI=1S/C21H31F3N4O2/c1-15(2)25-17-5-7-27(8-6-17)14-20(29)26-18-13-16(21(22,23)24)3-4-19(18)28-9-11-30-12-10-28/h3-4,13,15,17,25H,5-12,14H2,1-2H3,(H,26,29). The molecule has 6 nitrogen and oxygen atoms in total. The molecule has 0 bridgehead atoms. The van der Waals surface area contributed by atoms with Gasteiger partial charge in [0, 0.05) is 38.3 Å². The van der Waals surface area contributed by atoms with E-state index < -0.39 is 11.7 Å². The van der Waals surface area contributed by atoms with E-state index in [0.717, 1.165) is 38.1 Å². The van der Waals surface area contributed by atoms with Crippen LogP contribution < -0.4 is 15.5 Å². The van der Waals surface area contributed by atoms with Gasteiger partial charge < -0.3 is 20.3 Å². The number of alkyl halides is 3. The largest absolute Gasteiger partial charge is 0.416 e. The maximum absolute atomic E-state index is 13.2. The van der Waals surface area contributed by atoms with Crippen molar-refractivity contribution in [3.63, 3.8) is 0 Å². The van der Waals surface area contributed by atoms with Gasteiger partial charge in [-0.2, -0.15) is 13.2 Å². The molecule has 168 valence electrons. The number of amides is 1. The Kier molecular flexibility index (Phi) is 7.60. The summed E-state index contributed by atoms with van der Waals surface area (Å²) in [5, 5.41) is 6.24. The van der Waals surface area contributed by atoms with Crippen molar-refractivity contribution in [1.82, 2.24) is 10.2 Å². The molecule has 0 radical (unpaired) electrons. The minimum atomic E-state index is -4.46. The summed E-state index contributed by atoms with van der Waals surface area (Å²) in [6, 6.07) is 4.39. The predicted molar refractivity (Wildman–Crippen MR) is 111 cm³/mol. The van der Waals surface area contributed by atoms with Gasteiger partial charge in [0.15, 0.2) is 0 Å². The van der Waals surface area contributed by atoms with E-state index in [-0.39, 0.29) is 18.1 Å². The Morgan fingerprint density at radius 1 is 1.17 bits per heavy atom. The van der Waals surface area contributed by atoms with Crippen LogP contribution in [0.2, 0.25) is 0 Å². The molecule has 0 saturated carbocycles. The van der Waals surface area contributed by atoms with Crippen molar-refractivity contribution in [2.24, 2.45) is 0 Å². The lowest BCUT2D eigenvalue weighted by molar-refractivity contribution is -0.137. The molecule has 1 aromatic rings. The van der Waals surface area contributed by atoms with Gasteiger partial charge in [0.05, 0.1) is 36.7 Å². The zero-order valence-corrected chi connectivity index (χ0v) is 17.6. The fourth-order valence-electron chi connectivity index (χ4n) is 4.01. The van der Waals surface area contributed by atoms with Crippen LogP contribution in [0.4, 0.5) is 24.5 Å². The van der Waals surface area contributed by atoms with Gasteiger partial charge in [0.1, 0.15) is 0 Å². The summed E-state index contributed by atoms with van der Waals surface area (Å²) in [5.74, 6) is -0.292. The number of rotatable bonds is 6.